The second kappa shape index (κ2) is 7.71. The molecule has 1 aliphatic rings. The number of rotatable bonds is 7. The van der Waals surface area contributed by atoms with Gasteiger partial charge >= 0.3 is 0 Å². The zero-order chi connectivity index (χ0) is 15.1. The summed E-state index contributed by atoms with van der Waals surface area (Å²) in [4.78, 5) is 0. The third-order valence-corrected chi connectivity index (χ3v) is 3.84. The highest BCUT2D eigenvalue weighted by atomic mass is 16.7. The molecule has 2 atom stereocenters. The van der Waals surface area contributed by atoms with E-state index in [-0.39, 0.29) is 12.2 Å². The van der Waals surface area contributed by atoms with E-state index in [0.29, 0.717) is 26.1 Å². The largest absolute Gasteiger partial charge is 0.374 e. The van der Waals surface area contributed by atoms with Crippen LogP contribution < -0.4 is 0 Å². The van der Waals surface area contributed by atoms with Gasteiger partial charge < -0.3 is 18.9 Å². The fraction of sp³-hybridized carbons (Fsp3) is 0.529. The van der Waals surface area contributed by atoms with Gasteiger partial charge in [0.1, 0.15) is 0 Å². The van der Waals surface area contributed by atoms with E-state index in [1.165, 1.54) is 0 Å². The molecule has 116 valence electrons. The van der Waals surface area contributed by atoms with E-state index in [4.69, 9.17) is 18.9 Å². The van der Waals surface area contributed by atoms with Crippen LogP contribution in [0, 0.1) is 0 Å². The maximum atomic E-state index is 5.93. The highest BCUT2D eigenvalue weighted by Crippen LogP contribution is 2.33. The lowest BCUT2D eigenvalue weighted by atomic mass is 9.97. The van der Waals surface area contributed by atoms with Gasteiger partial charge in [0.2, 0.25) is 0 Å². The Morgan fingerprint density at radius 2 is 1.95 bits per heavy atom. The van der Waals surface area contributed by atoms with E-state index in [9.17, 15) is 0 Å². The number of methoxy groups -OCH3 is 2. The highest BCUT2D eigenvalue weighted by Gasteiger charge is 2.41. The molecule has 0 bridgehead atoms. The Kier molecular flexibility index (Phi) is 5.94. The molecule has 0 unspecified atom stereocenters. The standard InChI is InChI=1S/C17H24O4/c1-4-15-10-17(18-2,19-3)11-16(21-15)13-20-12-14-8-6-5-7-9-14/h4-9,15-16H,1,10-13H2,2-3H3/t15-,16-/m0/s1. The Morgan fingerprint density at radius 3 is 2.57 bits per heavy atom. The van der Waals surface area contributed by atoms with Crippen LogP contribution in [0.2, 0.25) is 0 Å². The van der Waals surface area contributed by atoms with Crippen molar-refractivity contribution >= 4 is 0 Å². The first-order chi connectivity index (χ1) is 10.2. The maximum Gasteiger partial charge on any atom is 0.172 e. The second-order valence-corrected chi connectivity index (χ2v) is 5.26. The average molecular weight is 292 g/mol. The lowest BCUT2D eigenvalue weighted by Crippen LogP contribution is -2.48. The van der Waals surface area contributed by atoms with E-state index in [2.05, 4.69) is 6.58 Å². The molecule has 0 saturated carbocycles. The minimum atomic E-state index is -0.613. The summed E-state index contributed by atoms with van der Waals surface area (Å²) >= 11 is 0. The molecule has 0 N–H and O–H groups in total. The molecule has 0 spiro atoms. The monoisotopic (exact) mass is 292 g/mol. The van der Waals surface area contributed by atoms with Gasteiger partial charge in [0.15, 0.2) is 5.79 Å². The summed E-state index contributed by atoms with van der Waals surface area (Å²) in [6, 6.07) is 10.1. The van der Waals surface area contributed by atoms with Gasteiger partial charge in [0, 0.05) is 27.1 Å². The van der Waals surface area contributed by atoms with Crippen LogP contribution in [0.15, 0.2) is 43.0 Å². The Morgan fingerprint density at radius 1 is 1.24 bits per heavy atom. The minimum Gasteiger partial charge on any atom is -0.374 e. The zero-order valence-corrected chi connectivity index (χ0v) is 12.8. The van der Waals surface area contributed by atoms with Crippen LogP contribution in [0.25, 0.3) is 0 Å². The Balaban J connectivity index is 1.88. The molecule has 0 aliphatic carbocycles. The third-order valence-electron chi connectivity index (χ3n) is 3.84. The Labute approximate surface area is 126 Å². The van der Waals surface area contributed by atoms with E-state index in [1.807, 2.05) is 30.3 Å². The summed E-state index contributed by atoms with van der Waals surface area (Å²) in [7, 11) is 3.33. The van der Waals surface area contributed by atoms with E-state index >= 15 is 0 Å². The summed E-state index contributed by atoms with van der Waals surface area (Å²) in [5.41, 5.74) is 1.15. The Bertz CT molecular complexity index is 428. The summed E-state index contributed by atoms with van der Waals surface area (Å²) in [5.74, 6) is -0.613. The van der Waals surface area contributed by atoms with Gasteiger partial charge in [-0.2, -0.15) is 0 Å². The SMILES string of the molecule is C=C[C@H]1CC(OC)(OC)C[C@@H](COCc2ccccc2)O1. The summed E-state index contributed by atoms with van der Waals surface area (Å²) in [6.45, 7) is 4.89. The molecule has 2 rings (SSSR count). The van der Waals surface area contributed by atoms with Gasteiger partial charge in [-0.3, -0.25) is 0 Å². The predicted octanol–water partition coefficient (Wildman–Crippen LogP) is 2.93. The van der Waals surface area contributed by atoms with Crippen LogP contribution in [0.3, 0.4) is 0 Å². The molecule has 4 heteroatoms. The van der Waals surface area contributed by atoms with Crippen LogP contribution >= 0.6 is 0 Å². The zero-order valence-electron chi connectivity index (χ0n) is 12.8. The smallest absolute Gasteiger partial charge is 0.172 e. The predicted molar refractivity (Wildman–Crippen MR) is 80.9 cm³/mol. The number of hydrogen-bond acceptors (Lipinski definition) is 4. The van der Waals surface area contributed by atoms with Crippen molar-refractivity contribution in [1.29, 1.82) is 0 Å². The van der Waals surface area contributed by atoms with Gasteiger partial charge in [0.25, 0.3) is 0 Å². The van der Waals surface area contributed by atoms with Crippen molar-refractivity contribution in [3.63, 3.8) is 0 Å². The quantitative estimate of drug-likeness (QED) is 0.572. The molecular formula is C17H24O4. The van der Waals surface area contributed by atoms with Gasteiger partial charge in [-0.1, -0.05) is 36.4 Å². The minimum absolute atomic E-state index is 0.0645. The van der Waals surface area contributed by atoms with Crippen LogP contribution in [-0.4, -0.2) is 38.8 Å². The molecule has 1 aliphatic heterocycles. The molecule has 0 amide bonds. The van der Waals surface area contributed by atoms with Crippen molar-refractivity contribution in [3.8, 4) is 0 Å². The Hall–Kier alpha value is -1.20. The lowest BCUT2D eigenvalue weighted by Gasteiger charge is -2.41. The molecule has 21 heavy (non-hydrogen) atoms. The lowest BCUT2D eigenvalue weighted by molar-refractivity contribution is -0.271. The van der Waals surface area contributed by atoms with Crippen LogP contribution in [-0.2, 0) is 25.6 Å². The number of ether oxygens (including phenoxy) is 4. The van der Waals surface area contributed by atoms with Crippen molar-refractivity contribution < 1.29 is 18.9 Å². The van der Waals surface area contributed by atoms with Crippen molar-refractivity contribution in [2.45, 2.75) is 37.4 Å². The van der Waals surface area contributed by atoms with Gasteiger partial charge in [0.05, 0.1) is 25.4 Å². The molecule has 1 aromatic carbocycles. The molecule has 1 aromatic rings. The fourth-order valence-corrected chi connectivity index (χ4v) is 2.62. The molecular weight excluding hydrogens is 268 g/mol. The first-order valence-corrected chi connectivity index (χ1v) is 7.21. The van der Waals surface area contributed by atoms with Gasteiger partial charge in [-0.15, -0.1) is 6.58 Å². The number of benzene rings is 1. The maximum absolute atomic E-state index is 5.93. The van der Waals surface area contributed by atoms with E-state index in [0.717, 1.165) is 5.56 Å². The van der Waals surface area contributed by atoms with E-state index < -0.39 is 5.79 Å². The van der Waals surface area contributed by atoms with Gasteiger partial charge in [-0.05, 0) is 5.56 Å². The van der Waals surface area contributed by atoms with Crippen molar-refractivity contribution in [2.75, 3.05) is 20.8 Å². The molecule has 1 fully saturated rings. The second-order valence-electron chi connectivity index (χ2n) is 5.26. The van der Waals surface area contributed by atoms with Crippen molar-refractivity contribution in [1.82, 2.24) is 0 Å². The molecule has 0 radical (unpaired) electrons. The average Bonchev–Trinajstić information content (AvgIpc) is 2.55. The molecule has 4 nitrogen and oxygen atoms in total. The van der Waals surface area contributed by atoms with Gasteiger partial charge in [-0.25, -0.2) is 0 Å². The topological polar surface area (TPSA) is 36.9 Å². The van der Waals surface area contributed by atoms with Crippen molar-refractivity contribution in [3.05, 3.63) is 48.6 Å². The van der Waals surface area contributed by atoms with Crippen LogP contribution in [0.5, 0.6) is 0 Å². The summed E-state index contributed by atoms with van der Waals surface area (Å²) < 4.78 is 22.8. The first kappa shape index (κ1) is 16.2. The van der Waals surface area contributed by atoms with Crippen LogP contribution in [0.1, 0.15) is 18.4 Å². The van der Waals surface area contributed by atoms with E-state index in [1.54, 1.807) is 20.3 Å². The molecule has 1 saturated heterocycles. The summed E-state index contributed by atoms with van der Waals surface area (Å²) in [5, 5.41) is 0. The normalized spacial score (nSPS) is 24.7. The third kappa shape index (κ3) is 4.38. The molecule has 0 aromatic heterocycles. The van der Waals surface area contributed by atoms with Crippen LogP contribution in [0.4, 0.5) is 0 Å². The highest BCUT2D eigenvalue weighted by molar-refractivity contribution is 5.13. The first-order valence-electron chi connectivity index (χ1n) is 7.21. The molecule has 1 heterocycles. The fourth-order valence-electron chi connectivity index (χ4n) is 2.62. The van der Waals surface area contributed by atoms with Crippen molar-refractivity contribution in [2.24, 2.45) is 0 Å². The number of hydrogen-bond donors (Lipinski definition) is 0. The summed E-state index contributed by atoms with van der Waals surface area (Å²) in [6.07, 6.45) is 2.95.